The number of para-hydroxylation sites is 1. The summed E-state index contributed by atoms with van der Waals surface area (Å²) in [5, 5.41) is 2.55. The number of nitrogens with one attached hydrogen (secondary N) is 1. The molecule has 20 heavy (non-hydrogen) atoms. The predicted molar refractivity (Wildman–Crippen MR) is 72.9 cm³/mol. The molecule has 0 saturated carbocycles. The summed E-state index contributed by atoms with van der Waals surface area (Å²) < 4.78 is 41.8. The number of ether oxygens (including phenoxy) is 1. The van der Waals surface area contributed by atoms with Gasteiger partial charge in [0.2, 0.25) is 5.91 Å². The van der Waals surface area contributed by atoms with E-state index in [9.17, 15) is 18.0 Å². The zero-order valence-corrected chi connectivity index (χ0v) is 12.0. The summed E-state index contributed by atoms with van der Waals surface area (Å²) in [5.74, 6) is -1.39. The van der Waals surface area contributed by atoms with Crippen LogP contribution in [-0.2, 0) is 9.53 Å². The average molecular weight is 307 g/mol. The Morgan fingerprint density at radius 2 is 2.00 bits per heavy atom. The molecule has 0 aromatic heterocycles. The zero-order valence-electron chi connectivity index (χ0n) is 11.2. The van der Waals surface area contributed by atoms with Gasteiger partial charge in [-0.25, -0.2) is 0 Å². The van der Waals surface area contributed by atoms with Gasteiger partial charge in [-0.2, -0.15) is 13.2 Å². The summed E-state index contributed by atoms with van der Waals surface area (Å²) in [5.41, 5.74) is 0.360. The van der Waals surface area contributed by atoms with Crippen molar-refractivity contribution in [2.45, 2.75) is 31.0 Å². The molecule has 0 aliphatic heterocycles. The lowest BCUT2D eigenvalue weighted by molar-refractivity contribution is -0.122. The third-order valence-corrected chi connectivity index (χ3v) is 3.24. The maximum absolute atomic E-state index is 12.2. The highest BCUT2D eigenvalue weighted by Gasteiger charge is 2.27. The van der Waals surface area contributed by atoms with E-state index in [2.05, 4.69) is 5.32 Å². The molecule has 0 heterocycles. The van der Waals surface area contributed by atoms with Gasteiger partial charge in [0.05, 0.1) is 17.5 Å². The fraction of sp³-hybridized carbons (Fsp3) is 0.462. The Morgan fingerprint density at radius 3 is 2.60 bits per heavy atom. The number of alkyl halides is 3. The molecule has 0 saturated heterocycles. The van der Waals surface area contributed by atoms with Crippen molar-refractivity contribution >= 4 is 23.4 Å². The number of hydrogen-bond donors (Lipinski definition) is 1. The first-order chi connectivity index (χ1) is 9.28. The standard InChI is InChI=1S/C13H16F3NO2S/c1-9(2)19-7-12(18)17-10-5-3-4-6-11(10)20-8-13(14,15)16/h3-6,9H,7-8H2,1-2H3,(H,17,18). The summed E-state index contributed by atoms with van der Waals surface area (Å²) >= 11 is 0.640. The largest absolute Gasteiger partial charge is 0.398 e. The molecule has 1 rings (SSSR count). The Bertz CT molecular complexity index is 449. The maximum Gasteiger partial charge on any atom is 0.398 e. The Balaban J connectivity index is 2.63. The second kappa shape index (κ2) is 7.54. The predicted octanol–water partition coefficient (Wildman–Crippen LogP) is 3.70. The molecule has 0 atom stereocenters. The van der Waals surface area contributed by atoms with Crippen molar-refractivity contribution in [3.8, 4) is 0 Å². The monoisotopic (exact) mass is 307 g/mol. The molecule has 1 aromatic rings. The first-order valence-corrected chi connectivity index (χ1v) is 6.96. The van der Waals surface area contributed by atoms with Gasteiger partial charge in [-0.05, 0) is 26.0 Å². The first kappa shape index (κ1) is 16.8. The van der Waals surface area contributed by atoms with Crippen LogP contribution in [0.15, 0.2) is 29.2 Å². The Morgan fingerprint density at radius 1 is 1.35 bits per heavy atom. The number of anilines is 1. The molecule has 0 fully saturated rings. The third-order valence-electron chi connectivity index (χ3n) is 2.10. The molecule has 1 amide bonds. The van der Waals surface area contributed by atoms with E-state index in [1.54, 1.807) is 32.0 Å². The van der Waals surface area contributed by atoms with E-state index in [1.807, 2.05) is 0 Å². The van der Waals surface area contributed by atoms with Crippen LogP contribution in [0.3, 0.4) is 0 Å². The third kappa shape index (κ3) is 6.81. The quantitative estimate of drug-likeness (QED) is 0.814. The zero-order chi connectivity index (χ0) is 15.2. The number of amides is 1. The second-order valence-corrected chi connectivity index (χ2v) is 5.33. The smallest absolute Gasteiger partial charge is 0.369 e. The van der Waals surface area contributed by atoms with E-state index in [-0.39, 0.29) is 12.7 Å². The lowest BCUT2D eigenvalue weighted by atomic mass is 10.3. The van der Waals surface area contributed by atoms with Crippen LogP contribution in [0, 0.1) is 0 Å². The van der Waals surface area contributed by atoms with Gasteiger partial charge in [0.25, 0.3) is 0 Å². The molecule has 1 aromatic carbocycles. The molecule has 0 bridgehead atoms. The minimum atomic E-state index is -4.25. The number of halogens is 3. The molecule has 0 aliphatic carbocycles. The fourth-order valence-electron chi connectivity index (χ4n) is 1.28. The van der Waals surface area contributed by atoms with Gasteiger partial charge in [-0.3, -0.25) is 4.79 Å². The maximum atomic E-state index is 12.2. The van der Waals surface area contributed by atoms with Crippen molar-refractivity contribution in [2.75, 3.05) is 17.7 Å². The van der Waals surface area contributed by atoms with Crippen molar-refractivity contribution < 1.29 is 22.7 Å². The molecule has 112 valence electrons. The van der Waals surface area contributed by atoms with Crippen molar-refractivity contribution in [1.82, 2.24) is 0 Å². The van der Waals surface area contributed by atoms with Crippen LogP contribution >= 0.6 is 11.8 Å². The molecule has 0 radical (unpaired) electrons. The lowest BCUT2D eigenvalue weighted by Crippen LogP contribution is -2.21. The van der Waals surface area contributed by atoms with Crippen LogP contribution in [0.4, 0.5) is 18.9 Å². The minimum Gasteiger partial charge on any atom is -0.369 e. The minimum absolute atomic E-state index is 0.0874. The van der Waals surface area contributed by atoms with Gasteiger partial charge in [0.15, 0.2) is 0 Å². The van der Waals surface area contributed by atoms with Gasteiger partial charge >= 0.3 is 6.18 Å². The van der Waals surface area contributed by atoms with Gasteiger partial charge in [0.1, 0.15) is 6.61 Å². The van der Waals surface area contributed by atoms with Crippen LogP contribution in [0.1, 0.15) is 13.8 Å². The average Bonchev–Trinajstić information content (AvgIpc) is 2.34. The van der Waals surface area contributed by atoms with Crippen LogP contribution in [-0.4, -0.2) is 30.5 Å². The highest BCUT2D eigenvalue weighted by Crippen LogP contribution is 2.31. The number of hydrogen-bond acceptors (Lipinski definition) is 3. The van der Waals surface area contributed by atoms with E-state index in [0.29, 0.717) is 22.3 Å². The topological polar surface area (TPSA) is 38.3 Å². The lowest BCUT2D eigenvalue weighted by Gasteiger charge is -2.12. The van der Waals surface area contributed by atoms with Crippen LogP contribution in [0.5, 0.6) is 0 Å². The van der Waals surface area contributed by atoms with E-state index in [0.717, 1.165) is 0 Å². The fourth-order valence-corrected chi connectivity index (χ4v) is 2.05. The molecular formula is C13H16F3NO2S. The van der Waals surface area contributed by atoms with Crippen LogP contribution in [0.2, 0.25) is 0 Å². The molecular weight excluding hydrogens is 291 g/mol. The van der Waals surface area contributed by atoms with E-state index in [1.165, 1.54) is 6.07 Å². The van der Waals surface area contributed by atoms with E-state index in [4.69, 9.17) is 4.74 Å². The number of benzene rings is 1. The van der Waals surface area contributed by atoms with Gasteiger partial charge in [-0.1, -0.05) is 12.1 Å². The Kier molecular flexibility index (Phi) is 6.35. The van der Waals surface area contributed by atoms with Crippen LogP contribution in [0.25, 0.3) is 0 Å². The molecule has 1 N–H and O–H groups in total. The number of thioether (sulfide) groups is 1. The summed E-state index contributed by atoms with van der Waals surface area (Å²) in [6, 6.07) is 6.37. The number of carbonyl (C=O) groups is 1. The highest BCUT2D eigenvalue weighted by atomic mass is 32.2. The molecule has 0 spiro atoms. The number of rotatable bonds is 6. The van der Waals surface area contributed by atoms with E-state index >= 15 is 0 Å². The highest BCUT2D eigenvalue weighted by molar-refractivity contribution is 7.99. The molecule has 3 nitrogen and oxygen atoms in total. The normalized spacial score (nSPS) is 11.7. The van der Waals surface area contributed by atoms with Gasteiger partial charge < -0.3 is 10.1 Å². The van der Waals surface area contributed by atoms with Gasteiger partial charge in [0, 0.05) is 4.90 Å². The van der Waals surface area contributed by atoms with E-state index < -0.39 is 17.8 Å². The van der Waals surface area contributed by atoms with Crippen molar-refractivity contribution in [3.63, 3.8) is 0 Å². The molecule has 0 aliphatic rings. The van der Waals surface area contributed by atoms with Crippen molar-refractivity contribution in [3.05, 3.63) is 24.3 Å². The Labute approximate surface area is 119 Å². The molecule has 7 heteroatoms. The van der Waals surface area contributed by atoms with Crippen molar-refractivity contribution in [2.24, 2.45) is 0 Å². The summed E-state index contributed by atoms with van der Waals surface area (Å²) in [6.07, 6.45) is -4.33. The van der Waals surface area contributed by atoms with Crippen molar-refractivity contribution in [1.29, 1.82) is 0 Å². The van der Waals surface area contributed by atoms with Gasteiger partial charge in [-0.15, -0.1) is 11.8 Å². The Hall–Kier alpha value is -1.21. The van der Waals surface area contributed by atoms with Crippen LogP contribution < -0.4 is 5.32 Å². The SMILES string of the molecule is CC(C)OCC(=O)Nc1ccccc1SCC(F)(F)F. The number of carbonyl (C=O) groups excluding carboxylic acids is 1. The second-order valence-electron chi connectivity index (χ2n) is 4.31. The summed E-state index contributed by atoms with van der Waals surface area (Å²) in [7, 11) is 0. The molecule has 0 unspecified atom stereocenters. The summed E-state index contributed by atoms with van der Waals surface area (Å²) in [4.78, 5) is 12.0. The summed E-state index contributed by atoms with van der Waals surface area (Å²) in [6.45, 7) is 3.46. The first-order valence-electron chi connectivity index (χ1n) is 5.98.